The van der Waals surface area contributed by atoms with Gasteiger partial charge < -0.3 is 14.8 Å². The SMILES string of the molecule is CC[C@H](Oc1ccccc1OC)C(=O)N[C@@H](CC)c1ccc(C)cc1C. The zero-order chi connectivity index (χ0) is 19.1. The molecule has 0 aromatic heterocycles. The Labute approximate surface area is 156 Å². The van der Waals surface area contributed by atoms with Gasteiger partial charge >= 0.3 is 0 Å². The van der Waals surface area contributed by atoms with Crippen LogP contribution in [0.15, 0.2) is 42.5 Å². The summed E-state index contributed by atoms with van der Waals surface area (Å²) < 4.78 is 11.3. The summed E-state index contributed by atoms with van der Waals surface area (Å²) in [5, 5.41) is 3.15. The fourth-order valence-electron chi connectivity index (χ4n) is 3.07. The molecule has 0 unspecified atom stereocenters. The van der Waals surface area contributed by atoms with Gasteiger partial charge in [-0.15, -0.1) is 0 Å². The van der Waals surface area contributed by atoms with E-state index in [2.05, 4.69) is 44.3 Å². The second kappa shape index (κ2) is 9.27. The van der Waals surface area contributed by atoms with E-state index in [-0.39, 0.29) is 11.9 Å². The minimum Gasteiger partial charge on any atom is -0.493 e. The van der Waals surface area contributed by atoms with Crippen LogP contribution in [0.25, 0.3) is 0 Å². The lowest BCUT2D eigenvalue weighted by atomic mass is 9.97. The van der Waals surface area contributed by atoms with Crippen molar-refractivity contribution in [3.8, 4) is 11.5 Å². The molecule has 1 N–H and O–H groups in total. The van der Waals surface area contributed by atoms with Crippen LogP contribution in [0.2, 0.25) is 0 Å². The minimum absolute atomic E-state index is 0.0292. The van der Waals surface area contributed by atoms with Crippen LogP contribution in [0, 0.1) is 13.8 Å². The van der Waals surface area contributed by atoms with E-state index in [1.165, 1.54) is 11.1 Å². The third-order valence-corrected chi connectivity index (χ3v) is 4.53. The molecule has 1 amide bonds. The molecular weight excluding hydrogens is 326 g/mol. The van der Waals surface area contributed by atoms with Crippen LogP contribution < -0.4 is 14.8 Å². The molecule has 0 radical (unpaired) electrons. The molecule has 0 spiro atoms. The van der Waals surface area contributed by atoms with E-state index in [9.17, 15) is 4.79 Å². The summed E-state index contributed by atoms with van der Waals surface area (Å²) in [6.07, 6.45) is 0.833. The third-order valence-electron chi connectivity index (χ3n) is 4.53. The van der Waals surface area contributed by atoms with E-state index in [4.69, 9.17) is 9.47 Å². The number of carbonyl (C=O) groups is 1. The number of aryl methyl sites for hydroxylation is 2. The van der Waals surface area contributed by atoms with Gasteiger partial charge in [0.2, 0.25) is 0 Å². The van der Waals surface area contributed by atoms with Crippen molar-refractivity contribution in [1.82, 2.24) is 5.32 Å². The second-order valence-electron chi connectivity index (χ2n) is 6.50. The molecule has 2 rings (SSSR count). The number of hydrogen-bond acceptors (Lipinski definition) is 3. The molecule has 0 saturated heterocycles. The van der Waals surface area contributed by atoms with Crippen molar-refractivity contribution in [2.45, 2.75) is 52.7 Å². The van der Waals surface area contributed by atoms with Crippen molar-refractivity contribution in [1.29, 1.82) is 0 Å². The zero-order valence-electron chi connectivity index (χ0n) is 16.3. The first kappa shape index (κ1) is 19.8. The van der Waals surface area contributed by atoms with E-state index in [1.54, 1.807) is 7.11 Å². The fraction of sp³-hybridized carbons (Fsp3) is 0.409. The Hall–Kier alpha value is -2.49. The first-order chi connectivity index (χ1) is 12.5. The number of para-hydroxylation sites is 2. The second-order valence-corrected chi connectivity index (χ2v) is 6.50. The summed E-state index contributed by atoms with van der Waals surface area (Å²) in [5.74, 6) is 1.10. The highest BCUT2D eigenvalue weighted by Crippen LogP contribution is 2.28. The molecule has 140 valence electrons. The van der Waals surface area contributed by atoms with E-state index in [1.807, 2.05) is 31.2 Å². The molecule has 26 heavy (non-hydrogen) atoms. The van der Waals surface area contributed by atoms with Crippen molar-refractivity contribution in [3.05, 3.63) is 59.2 Å². The maximum absolute atomic E-state index is 12.8. The van der Waals surface area contributed by atoms with Gasteiger partial charge in [0, 0.05) is 0 Å². The number of benzene rings is 2. The summed E-state index contributed by atoms with van der Waals surface area (Å²) in [4.78, 5) is 12.8. The van der Waals surface area contributed by atoms with Crippen LogP contribution in [-0.2, 0) is 4.79 Å². The molecule has 0 bridgehead atoms. The van der Waals surface area contributed by atoms with E-state index in [0.29, 0.717) is 17.9 Å². The molecule has 0 aliphatic rings. The molecular formula is C22H29NO3. The van der Waals surface area contributed by atoms with E-state index < -0.39 is 6.10 Å². The first-order valence-electron chi connectivity index (χ1n) is 9.17. The Balaban J connectivity index is 2.14. The average molecular weight is 355 g/mol. The Morgan fingerprint density at radius 3 is 2.31 bits per heavy atom. The lowest BCUT2D eigenvalue weighted by Crippen LogP contribution is -2.40. The Morgan fingerprint density at radius 1 is 1.04 bits per heavy atom. The summed E-state index contributed by atoms with van der Waals surface area (Å²) in [6.45, 7) is 8.17. The first-order valence-corrected chi connectivity index (χ1v) is 9.17. The molecule has 4 heteroatoms. The number of carbonyl (C=O) groups excluding carboxylic acids is 1. The summed E-state index contributed by atoms with van der Waals surface area (Å²) in [6, 6.07) is 13.7. The van der Waals surface area contributed by atoms with Gasteiger partial charge in [-0.1, -0.05) is 49.7 Å². The number of nitrogens with one attached hydrogen (secondary N) is 1. The standard InChI is InChI=1S/C22H29NO3/c1-6-18(17-13-12-15(3)14-16(17)4)23-22(24)19(7-2)26-21-11-9-8-10-20(21)25-5/h8-14,18-19H,6-7H2,1-5H3,(H,23,24)/t18-,19-/m0/s1. The number of amides is 1. The maximum atomic E-state index is 12.8. The summed E-state index contributed by atoms with van der Waals surface area (Å²) >= 11 is 0. The van der Waals surface area contributed by atoms with Crippen LogP contribution in [0.5, 0.6) is 11.5 Å². The quantitative estimate of drug-likeness (QED) is 0.744. The molecule has 2 atom stereocenters. The highest BCUT2D eigenvalue weighted by Gasteiger charge is 2.23. The van der Waals surface area contributed by atoms with Crippen LogP contribution >= 0.6 is 0 Å². The van der Waals surface area contributed by atoms with Crippen molar-refractivity contribution in [2.24, 2.45) is 0 Å². The van der Waals surface area contributed by atoms with Crippen molar-refractivity contribution in [2.75, 3.05) is 7.11 Å². The normalized spacial score (nSPS) is 13.0. The Bertz CT molecular complexity index is 742. The maximum Gasteiger partial charge on any atom is 0.261 e. The topological polar surface area (TPSA) is 47.6 Å². The largest absolute Gasteiger partial charge is 0.493 e. The van der Waals surface area contributed by atoms with Gasteiger partial charge in [0.15, 0.2) is 17.6 Å². The summed E-state index contributed by atoms with van der Waals surface area (Å²) in [7, 11) is 1.59. The van der Waals surface area contributed by atoms with Gasteiger partial charge in [-0.05, 0) is 49.9 Å². The Morgan fingerprint density at radius 2 is 1.73 bits per heavy atom. The van der Waals surface area contributed by atoms with Crippen LogP contribution in [0.1, 0.15) is 49.4 Å². The number of rotatable bonds is 8. The lowest BCUT2D eigenvalue weighted by Gasteiger charge is -2.24. The molecule has 2 aromatic carbocycles. The molecule has 0 heterocycles. The molecule has 0 fully saturated rings. The average Bonchev–Trinajstić information content (AvgIpc) is 2.64. The van der Waals surface area contributed by atoms with Crippen molar-refractivity contribution < 1.29 is 14.3 Å². The number of methoxy groups -OCH3 is 1. The number of hydrogen-bond donors (Lipinski definition) is 1. The smallest absolute Gasteiger partial charge is 0.261 e. The lowest BCUT2D eigenvalue weighted by molar-refractivity contribution is -0.129. The van der Waals surface area contributed by atoms with Gasteiger partial charge in [0.1, 0.15) is 0 Å². The van der Waals surface area contributed by atoms with Gasteiger partial charge in [0.05, 0.1) is 13.2 Å². The molecule has 2 aromatic rings. The van der Waals surface area contributed by atoms with Crippen molar-refractivity contribution in [3.63, 3.8) is 0 Å². The highest BCUT2D eigenvalue weighted by atomic mass is 16.5. The van der Waals surface area contributed by atoms with Crippen molar-refractivity contribution >= 4 is 5.91 Å². The molecule has 0 aliphatic carbocycles. The predicted molar refractivity (Wildman–Crippen MR) is 105 cm³/mol. The highest BCUT2D eigenvalue weighted by molar-refractivity contribution is 5.81. The van der Waals surface area contributed by atoms with E-state index >= 15 is 0 Å². The summed E-state index contributed by atoms with van der Waals surface area (Å²) in [5.41, 5.74) is 3.56. The fourth-order valence-corrected chi connectivity index (χ4v) is 3.07. The predicted octanol–water partition coefficient (Wildman–Crippen LogP) is 4.74. The van der Waals surface area contributed by atoms with Gasteiger partial charge in [-0.3, -0.25) is 4.79 Å². The van der Waals surface area contributed by atoms with Gasteiger partial charge in [-0.2, -0.15) is 0 Å². The monoisotopic (exact) mass is 355 g/mol. The van der Waals surface area contributed by atoms with E-state index in [0.717, 1.165) is 12.0 Å². The third kappa shape index (κ3) is 4.78. The van der Waals surface area contributed by atoms with Crippen LogP contribution in [0.3, 0.4) is 0 Å². The van der Waals surface area contributed by atoms with Gasteiger partial charge in [-0.25, -0.2) is 0 Å². The molecule has 4 nitrogen and oxygen atoms in total. The zero-order valence-corrected chi connectivity index (χ0v) is 16.3. The minimum atomic E-state index is -0.564. The molecule has 0 saturated carbocycles. The molecule has 0 aliphatic heterocycles. The van der Waals surface area contributed by atoms with Crippen LogP contribution in [-0.4, -0.2) is 19.1 Å². The van der Waals surface area contributed by atoms with Crippen LogP contribution in [0.4, 0.5) is 0 Å². The number of ether oxygens (including phenoxy) is 2. The Kier molecular flexibility index (Phi) is 7.07. The van der Waals surface area contributed by atoms with Gasteiger partial charge in [0.25, 0.3) is 5.91 Å².